The summed E-state index contributed by atoms with van der Waals surface area (Å²) in [4.78, 5) is 29.2. The van der Waals surface area contributed by atoms with Crippen molar-refractivity contribution < 1.29 is 33.7 Å². The molecule has 1 fully saturated rings. The van der Waals surface area contributed by atoms with Crippen LogP contribution in [-0.2, 0) is 9.30 Å². The lowest BCUT2D eigenvalue weighted by atomic mass is 10.1. The van der Waals surface area contributed by atoms with Crippen LogP contribution in [0.2, 0.25) is 0 Å². The Balaban J connectivity index is 1.95. The van der Waals surface area contributed by atoms with E-state index in [-0.39, 0.29) is 17.0 Å². The highest BCUT2D eigenvalue weighted by Crippen LogP contribution is 2.46. The predicted molar refractivity (Wildman–Crippen MR) is 76.9 cm³/mol. The normalized spacial score (nSPS) is 28.6. The van der Waals surface area contributed by atoms with Gasteiger partial charge in [-0.15, -0.1) is 0 Å². The molecule has 0 aromatic carbocycles. The maximum Gasteiger partial charge on any atom is 0.384 e. The number of imidazole rings is 1. The molecule has 4 atom stereocenters. The van der Waals surface area contributed by atoms with Gasteiger partial charge in [0, 0.05) is 0 Å². The Morgan fingerprint density at radius 1 is 1.33 bits per heavy atom. The average Bonchev–Trinajstić information content (AvgIpc) is 3.04. The number of nitrogens with zero attached hydrogens (tertiary/aromatic N) is 4. The maximum absolute atomic E-state index is 13.4. The number of rotatable bonds is 3. The molecule has 2 aromatic heterocycles. The molecule has 3 rings (SSSR count). The standard InChI is InChI=1S/C11H13FN5O6P/c12-5(24(20,21)22)1-4-7(18)8(19)11(23-4)17-3-16-6-9(13)14-2-15-10(6)17/h1-4,7-8,11,18-19H,(H2,13,14,15)(H2,20,21,22)/t4-,7-,8-,11-/m1/s1. The summed E-state index contributed by atoms with van der Waals surface area (Å²) in [7, 11) is -5.12. The van der Waals surface area contributed by atoms with Crippen molar-refractivity contribution in [3.63, 3.8) is 0 Å². The Labute approximate surface area is 133 Å². The van der Waals surface area contributed by atoms with Gasteiger partial charge in [-0.1, -0.05) is 0 Å². The van der Waals surface area contributed by atoms with Crippen LogP contribution in [0, 0.1) is 0 Å². The van der Waals surface area contributed by atoms with E-state index >= 15 is 0 Å². The van der Waals surface area contributed by atoms with Crippen molar-refractivity contribution in [2.45, 2.75) is 24.5 Å². The molecule has 0 bridgehead atoms. The van der Waals surface area contributed by atoms with Gasteiger partial charge in [-0.25, -0.2) is 15.0 Å². The van der Waals surface area contributed by atoms with Crippen LogP contribution in [0.15, 0.2) is 24.3 Å². The van der Waals surface area contributed by atoms with Crippen LogP contribution in [-0.4, -0.2) is 57.8 Å². The molecule has 3 heterocycles. The van der Waals surface area contributed by atoms with Gasteiger partial charge in [0.2, 0.25) is 5.57 Å². The molecule has 0 aliphatic carbocycles. The molecule has 0 amide bonds. The zero-order valence-electron chi connectivity index (χ0n) is 11.8. The molecule has 2 aromatic rings. The van der Waals surface area contributed by atoms with Gasteiger partial charge in [-0.3, -0.25) is 9.13 Å². The maximum atomic E-state index is 13.4. The number of hydrogen-bond donors (Lipinski definition) is 5. The van der Waals surface area contributed by atoms with Crippen molar-refractivity contribution in [2.24, 2.45) is 0 Å². The largest absolute Gasteiger partial charge is 0.387 e. The van der Waals surface area contributed by atoms with Gasteiger partial charge < -0.3 is 30.5 Å². The van der Waals surface area contributed by atoms with Crippen molar-refractivity contribution in [1.82, 2.24) is 19.5 Å². The molecule has 130 valence electrons. The summed E-state index contributed by atoms with van der Waals surface area (Å²) in [5.41, 5.74) is 4.33. The van der Waals surface area contributed by atoms with Crippen LogP contribution in [0.3, 0.4) is 0 Å². The van der Waals surface area contributed by atoms with E-state index in [1.807, 2.05) is 0 Å². The third kappa shape index (κ3) is 2.79. The first-order valence-corrected chi connectivity index (χ1v) is 8.19. The first-order valence-electron chi connectivity index (χ1n) is 6.58. The minimum absolute atomic E-state index is 0.0933. The summed E-state index contributed by atoms with van der Waals surface area (Å²) < 4.78 is 30.8. The summed E-state index contributed by atoms with van der Waals surface area (Å²) in [5, 5.41) is 20.0. The Hall–Kier alpha value is -1.95. The minimum Gasteiger partial charge on any atom is -0.387 e. The Morgan fingerprint density at radius 2 is 2.04 bits per heavy atom. The Bertz CT molecular complexity index is 853. The summed E-state index contributed by atoms with van der Waals surface area (Å²) in [5.74, 6) is 0.0933. The highest BCUT2D eigenvalue weighted by molar-refractivity contribution is 7.56. The second-order valence-electron chi connectivity index (χ2n) is 5.09. The van der Waals surface area contributed by atoms with Gasteiger partial charge in [0.15, 0.2) is 17.7 Å². The fraction of sp³-hybridized carbons (Fsp3) is 0.364. The molecule has 1 aliphatic rings. The third-order valence-electron chi connectivity index (χ3n) is 3.52. The third-order valence-corrected chi connectivity index (χ3v) is 4.22. The molecule has 24 heavy (non-hydrogen) atoms. The van der Waals surface area contributed by atoms with E-state index in [1.54, 1.807) is 0 Å². The lowest BCUT2D eigenvalue weighted by Crippen LogP contribution is -2.30. The number of aliphatic hydroxyl groups is 2. The van der Waals surface area contributed by atoms with Crippen LogP contribution in [0.1, 0.15) is 6.23 Å². The minimum atomic E-state index is -5.12. The lowest BCUT2D eigenvalue weighted by Gasteiger charge is -2.16. The number of aromatic nitrogens is 4. The van der Waals surface area contributed by atoms with Gasteiger partial charge in [-0.2, -0.15) is 4.39 Å². The molecule has 1 aliphatic heterocycles. The second-order valence-corrected chi connectivity index (χ2v) is 6.60. The number of hydrogen-bond acceptors (Lipinski definition) is 8. The summed E-state index contributed by atoms with van der Waals surface area (Å²) in [6, 6.07) is 0. The molecule has 0 saturated carbocycles. The van der Waals surface area contributed by atoms with Crippen molar-refractivity contribution in [2.75, 3.05) is 5.73 Å². The molecular weight excluding hydrogens is 348 g/mol. The van der Waals surface area contributed by atoms with Gasteiger partial charge in [-0.05, 0) is 6.08 Å². The number of nitrogens with two attached hydrogens (primary N) is 1. The highest BCUT2D eigenvalue weighted by Gasteiger charge is 2.44. The number of ether oxygens (including phenoxy) is 1. The van der Waals surface area contributed by atoms with Crippen LogP contribution in [0.25, 0.3) is 11.2 Å². The second kappa shape index (κ2) is 5.84. The highest BCUT2D eigenvalue weighted by atomic mass is 31.2. The number of halogens is 1. The fourth-order valence-corrected chi connectivity index (χ4v) is 2.68. The lowest BCUT2D eigenvalue weighted by molar-refractivity contribution is -0.0246. The summed E-state index contributed by atoms with van der Waals surface area (Å²) >= 11 is 0. The molecular formula is C11H13FN5O6P. The van der Waals surface area contributed by atoms with Crippen molar-refractivity contribution >= 4 is 24.6 Å². The first-order chi connectivity index (χ1) is 11.2. The SMILES string of the molecule is Nc1ncnc2c1ncn2[C@@H]1O[C@H](C=C(F)P(=O)(O)O)[C@@H](O)[C@H]1O. The zero-order chi connectivity index (χ0) is 17.6. The molecule has 0 radical (unpaired) electrons. The van der Waals surface area contributed by atoms with Gasteiger partial charge in [0.05, 0.1) is 6.33 Å². The molecule has 11 nitrogen and oxygen atoms in total. The van der Waals surface area contributed by atoms with Crippen LogP contribution >= 0.6 is 7.60 Å². The number of aliphatic hydroxyl groups excluding tert-OH is 2. The van der Waals surface area contributed by atoms with Crippen LogP contribution < -0.4 is 5.73 Å². The van der Waals surface area contributed by atoms with E-state index in [4.69, 9.17) is 20.3 Å². The monoisotopic (exact) mass is 361 g/mol. The van der Waals surface area contributed by atoms with E-state index in [2.05, 4.69) is 15.0 Å². The van der Waals surface area contributed by atoms with Crippen LogP contribution in [0.4, 0.5) is 10.2 Å². The topological polar surface area (TPSA) is 177 Å². The number of anilines is 1. The molecule has 0 spiro atoms. The number of nitrogen functional groups attached to an aromatic ring is 1. The van der Waals surface area contributed by atoms with Gasteiger partial charge in [0.1, 0.15) is 30.2 Å². The Morgan fingerprint density at radius 3 is 2.71 bits per heavy atom. The summed E-state index contributed by atoms with van der Waals surface area (Å²) in [6.45, 7) is 0. The first kappa shape index (κ1) is 16.9. The van der Waals surface area contributed by atoms with Crippen molar-refractivity contribution in [3.8, 4) is 0 Å². The average molecular weight is 361 g/mol. The van der Waals surface area contributed by atoms with Crippen molar-refractivity contribution in [1.29, 1.82) is 0 Å². The van der Waals surface area contributed by atoms with Crippen molar-refractivity contribution in [3.05, 3.63) is 24.3 Å². The van der Waals surface area contributed by atoms with E-state index in [1.165, 1.54) is 17.2 Å². The van der Waals surface area contributed by atoms with E-state index in [0.717, 1.165) is 0 Å². The number of fused-ring (bicyclic) bond motifs is 1. The van der Waals surface area contributed by atoms with E-state index in [9.17, 15) is 19.2 Å². The quantitative estimate of drug-likeness (QED) is 0.427. The smallest absolute Gasteiger partial charge is 0.384 e. The fourth-order valence-electron chi connectivity index (χ4n) is 2.34. The predicted octanol–water partition coefficient (Wildman–Crippen LogP) is -0.984. The zero-order valence-corrected chi connectivity index (χ0v) is 12.7. The van der Waals surface area contributed by atoms with E-state index in [0.29, 0.717) is 6.08 Å². The van der Waals surface area contributed by atoms with Crippen LogP contribution in [0.5, 0.6) is 0 Å². The van der Waals surface area contributed by atoms with Gasteiger partial charge in [0.25, 0.3) is 0 Å². The molecule has 0 unspecified atom stereocenters. The molecule has 1 saturated heterocycles. The summed E-state index contributed by atoms with van der Waals surface area (Å²) in [6.07, 6.45) is -3.01. The van der Waals surface area contributed by atoms with E-state index < -0.39 is 37.7 Å². The Kier molecular flexibility index (Phi) is 4.11. The molecule has 6 N–H and O–H groups in total. The molecule has 13 heteroatoms. The van der Waals surface area contributed by atoms with Gasteiger partial charge >= 0.3 is 7.60 Å².